The molecule has 0 radical (unpaired) electrons. The quantitative estimate of drug-likeness (QED) is 0.941. The molecule has 21 heavy (non-hydrogen) atoms. The van der Waals surface area contributed by atoms with Crippen molar-refractivity contribution in [2.45, 2.75) is 25.3 Å². The first-order valence-electron chi connectivity index (χ1n) is 6.57. The van der Waals surface area contributed by atoms with E-state index >= 15 is 0 Å². The number of rotatable bonds is 4. The van der Waals surface area contributed by atoms with Gasteiger partial charge in [0.25, 0.3) is 0 Å². The number of sulfone groups is 1. The first kappa shape index (κ1) is 15.5. The summed E-state index contributed by atoms with van der Waals surface area (Å²) in [5.74, 6) is -0.170. The molecule has 0 bridgehead atoms. The highest BCUT2D eigenvalue weighted by Gasteiger charge is 2.07. The molecule has 0 aliphatic heterocycles. The van der Waals surface area contributed by atoms with Crippen LogP contribution in [0.15, 0.2) is 41.3 Å². The molecule has 2 rings (SSSR count). The molecule has 0 atom stereocenters. The van der Waals surface area contributed by atoms with Crippen LogP contribution in [0, 0.1) is 19.7 Å². The minimum Gasteiger partial charge on any atom is -0.381 e. The van der Waals surface area contributed by atoms with Gasteiger partial charge < -0.3 is 5.32 Å². The average molecular weight is 307 g/mol. The molecule has 2 aromatic carbocycles. The summed E-state index contributed by atoms with van der Waals surface area (Å²) >= 11 is 0. The summed E-state index contributed by atoms with van der Waals surface area (Å²) < 4.78 is 36.3. The Morgan fingerprint density at radius 1 is 1.05 bits per heavy atom. The van der Waals surface area contributed by atoms with Crippen molar-refractivity contribution in [3.8, 4) is 0 Å². The zero-order chi connectivity index (χ0) is 15.6. The van der Waals surface area contributed by atoms with Gasteiger partial charge in [0.15, 0.2) is 9.84 Å². The molecule has 0 heterocycles. The monoisotopic (exact) mass is 307 g/mol. The Hall–Kier alpha value is -1.88. The van der Waals surface area contributed by atoms with Gasteiger partial charge in [-0.1, -0.05) is 12.1 Å². The second-order valence-corrected chi connectivity index (χ2v) is 7.21. The predicted octanol–water partition coefficient (Wildman–Crippen LogP) is 3.46. The van der Waals surface area contributed by atoms with Crippen LogP contribution in [-0.2, 0) is 16.4 Å². The summed E-state index contributed by atoms with van der Waals surface area (Å²) in [5, 5.41) is 3.20. The summed E-state index contributed by atoms with van der Waals surface area (Å²) in [7, 11) is -3.17. The Kier molecular flexibility index (Phi) is 4.32. The second-order valence-electron chi connectivity index (χ2n) is 5.19. The lowest BCUT2D eigenvalue weighted by Gasteiger charge is -2.10. The van der Waals surface area contributed by atoms with Gasteiger partial charge in [0, 0.05) is 18.5 Å². The normalized spacial score (nSPS) is 11.4. The number of hydrogen-bond donors (Lipinski definition) is 1. The van der Waals surface area contributed by atoms with E-state index in [0.29, 0.717) is 22.6 Å². The fraction of sp³-hybridized carbons (Fsp3) is 0.250. The highest BCUT2D eigenvalue weighted by Crippen LogP contribution is 2.17. The average Bonchev–Trinajstić information content (AvgIpc) is 2.42. The molecule has 0 fully saturated rings. The molecule has 0 saturated carbocycles. The molecule has 0 saturated heterocycles. The van der Waals surface area contributed by atoms with Gasteiger partial charge in [-0.05, 0) is 54.8 Å². The van der Waals surface area contributed by atoms with E-state index in [0.717, 1.165) is 11.3 Å². The van der Waals surface area contributed by atoms with Gasteiger partial charge in [0.05, 0.1) is 4.90 Å². The summed E-state index contributed by atoms with van der Waals surface area (Å²) in [6, 6.07) is 10.2. The third-order valence-electron chi connectivity index (χ3n) is 3.28. The minimum absolute atomic E-state index is 0.170. The number of aryl methyl sites for hydroxylation is 2. The number of anilines is 1. The molecule has 0 aromatic heterocycles. The van der Waals surface area contributed by atoms with Crippen LogP contribution in [0.4, 0.5) is 10.1 Å². The lowest BCUT2D eigenvalue weighted by Crippen LogP contribution is -2.02. The van der Waals surface area contributed by atoms with Crippen LogP contribution < -0.4 is 5.32 Å². The number of benzene rings is 2. The van der Waals surface area contributed by atoms with Gasteiger partial charge >= 0.3 is 0 Å². The van der Waals surface area contributed by atoms with Crippen LogP contribution in [-0.4, -0.2) is 14.7 Å². The minimum atomic E-state index is -3.17. The molecule has 0 spiro atoms. The first-order chi connectivity index (χ1) is 9.77. The third kappa shape index (κ3) is 3.82. The number of halogens is 1. The number of nitrogens with one attached hydrogen (secondary N) is 1. The molecule has 1 N–H and O–H groups in total. The molecular formula is C16H18FNO2S. The smallest absolute Gasteiger partial charge is 0.175 e. The largest absolute Gasteiger partial charge is 0.381 e. The zero-order valence-electron chi connectivity index (χ0n) is 12.3. The Morgan fingerprint density at radius 2 is 1.57 bits per heavy atom. The van der Waals surface area contributed by atoms with Gasteiger partial charge in [-0.2, -0.15) is 0 Å². The molecule has 0 unspecified atom stereocenters. The van der Waals surface area contributed by atoms with E-state index in [4.69, 9.17) is 0 Å². The maximum absolute atomic E-state index is 13.6. The summed E-state index contributed by atoms with van der Waals surface area (Å²) in [5.41, 5.74) is 3.05. The Balaban J connectivity index is 2.10. The summed E-state index contributed by atoms with van der Waals surface area (Å²) in [4.78, 5) is 0.293. The molecule has 2 aromatic rings. The van der Waals surface area contributed by atoms with Crippen molar-refractivity contribution in [1.82, 2.24) is 0 Å². The van der Waals surface area contributed by atoms with Crippen molar-refractivity contribution >= 4 is 15.5 Å². The van der Waals surface area contributed by atoms with Crippen molar-refractivity contribution in [2.75, 3.05) is 11.6 Å². The highest BCUT2D eigenvalue weighted by molar-refractivity contribution is 7.90. The van der Waals surface area contributed by atoms with Crippen LogP contribution in [0.25, 0.3) is 0 Å². The van der Waals surface area contributed by atoms with Crippen molar-refractivity contribution in [3.05, 3.63) is 58.9 Å². The van der Waals surface area contributed by atoms with Crippen molar-refractivity contribution in [3.63, 3.8) is 0 Å². The van der Waals surface area contributed by atoms with E-state index in [1.165, 1.54) is 6.26 Å². The maximum Gasteiger partial charge on any atom is 0.175 e. The Morgan fingerprint density at radius 3 is 2.05 bits per heavy atom. The fourth-order valence-electron chi connectivity index (χ4n) is 2.16. The molecule has 0 amide bonds. The highest BCUT2D eigenvalue weighted by atomic mass is 32.2. The molecule has 112 valence electrons. The molecule has 0 aliphatic carbocycles. The Bertz CT molecular complexity index is 729. The van der Waals surface area contributed by atoms with E-state index in [1.807, 2.05) is 0 Å². The van der Waals surface area contributed by atoms with Crippen LogP contribution in [0.2, 0.25) is 0 Å². The van der Waals surface area contributed by atoms with Crippen LogP contribution >= 0.6 is 0 Å². The van der Waals surface area contributed by atoms with Crippen LogP contribution in [0.3, 0.4) is 0 Å². The molecular weight excluding hydrogens is 289 g/mol. The lowest BCUT2D eigenvalue weighted by molar-refractivity contribution is 0.602. The first-order valence-corrected chi connectivity index (χ1v) is 8.46. The van der Waals surface area contributed by atoms with Crippen LogP contribution in [0.1, 0.15) is 16.7 Å². The van der Waals surface area contributed by atoms with Gasteiger partial charge in [-0.15, -0.1) is 0 Å². The van der Waals surface area contributed by atoms with Crippen LogP contribution in [0.5, 0.6) is 0 Å². The third-order valence-corrected chi connectivity index (χ3v) is 4.40. The maximum atomic E-state index is 13.6. The molecule has 3 nitrogen and oxygen atoms in total. The molecule has 0 aliphatic rings. The number of hydrogen-bond acceptors (Lipinski definition) is 3. The standard InChI is InChI=1S/C16H18FNO2S/c1-11-8-13(9-12(2)16(11)17)10-18-14-4-6-15(7-5-14)21(3,19)20/h4-9,18H,10H2,1-3H3. The van der Waals surface area contributed by atoms with Gasteiger partial charge in [-0.25, -0.2) is 12.8 Å². The van der Waals surface area contributed by atoms with Gasteiger partial charge in [0.2, 0.25) is 0 Å². The van der Waals surface area contributed by atoms with Gasteiger partial charge in [0.1, 0.15) is 5.82 Å². The Labute approximate surface area is 124 Å². The topological polar surface area (TPSA) is 46.2 Å². The van der Waals surface area contributed by atoms with E-state index < -0.39 is 9.84 Å². The predicted molar refractivity (Wildman–Crippen MR) is 82.8 cm³/mol. The second kappa shape index (κ2) is 5.85. The van der Waals surface area contributed by atoms with Gasteiger partial charge in [-0.3, -0.25) is 0 Å². The van der Waals surface area contributed by atoms with E-state index in [-0.39, 0.29) is 5.82 Å². The van der Waals surface area contributed by atoms with E-state index in [1.54, 1.807) is 50.2 Å². The van der Waals surface area contributed by atoms with E-state index in [2.05, 4.69) is 5.32 Å². The summed E-state index contributed by atoms with van der Waals surface area (Å²) in [6.07, 6.45) is 1.18. The summed E-state index contributed by atoms with van der Waals surface area (Å²) in [6.45, 7) is 4.04. The SMILES string of the molecule is Cc1cc(CNc2ccc(S(C)(=O)=O)cc2)cc(C)c1F. The van der Waals surface area contributed by atoms with Crippen molar-refractivity contribution in [2.24, 2.45) is 0 Å². The van der Waals surface area contributed by atoms with E-state index in [9.17, 15) is 12.8 Å². The van der Waals surface area contributed by atoms with Crippen molar-refractivity contribution in [1.29, 1.82) is 0 Å². The zero-order valence-corrected chi connectivity index (χ0v) is 13.1. The lowest BCUT2D eigenvalue weighted by atomic mass is 10.1. The molecule has 5 heteroatoms. The fourth-order valence-corrected chi connectivity index (χ4v) is 2.79. The van der Waals surface area contributed by atoms with Crippen molar-refractivity contribution < 1.29 is 12.8 Å².